The number of thiazole rings is 1. The first-order chi connectivity index (χ1) is 7.10. The number of hydrogen-bond acceptors (Lipinski definition) is 4. The lowest BCUT2D eigenvalue weighted by Gasteiger charge is -2.21. The molecular formula is C10H16ClN3OS. The molecule has 90 valence electrons. The Bertz CT molecular complexity index is 374. The molecule has 0 aliphatic heterocycles. The van der Waals surface area contributed by atoms with E-state index in [2.05, 4.69) is 10.3 Å². The number of halogens is 1. The van der Waals surface area contributed by atoms with Gasteiger partial charge in [0.15, 0.2) is 5.13 Å². The van der Waals surface area contributed by atoms with Gasteiger partial charge in [0.05, 0.1) is 11.2 Å². The third-order valence-electron chi connectivity index (χ3n) is 2.79. The molecule has 0 unspecified atom stereocenters. The maximum atomic E-state index is 11.9. The molecule has 3 N–H and O–H groups in total. The number of nitrogens with one attached hydrogen (secondary N) is 1. The van der Waals surface area contributed by atoms with Crippen molar-refractivity contribution in [3.63, 3.8) is 0 Å². The zero-order chi connectivity index (χ0) is 10.9. The SMILES string of the molecule is Cc1csc(NC(=O)C2(N)CCCC2)n1.Cl. The molecule has 16 heavy (non-hydrogen) atoms. The van der Waals surface area contributed by atoms with Crippen molar-refractivity contribution in [1.82, 2.24) is 4.98 Å². The van der Waals surface area contributed by atoms with Crippen molar-refractivity contribution in [2.45, 2.75) is 38.1 Å². The van der Waals surface area contributed by atoms with Crippen molar-refractivity contribution in [2.24, 2.45) is 5.73 Å². The Morgan fingerprint density at radius 1 is 1.56 bits per heavy atom. The number of amides is 1. The highest BCUT2D eigenvalue weighted by Gasteiger charge is 2.37. The highest BCUT2D eigenvalue weighted by atomic mass is 35.5. The van der Waals surface area contributed by atoms with Crippen molar-refractivity contribution < 1.29 is 4.79 Å². The Labute approximate surface area is 105 Å². The van der Waals surface area contributed by atoms with Gasteiger partial charge in [-0.2, -0.15) is 0 Å². The van der Waals surface area contributed by atoms with Gasteiger partial charge in [-0.3, -0.25) is 4.79 Å². The second-order valence-corrected chi connectivity index (χ2v) is 4.97. The van der Waals surface area contributed by atoms with Gasteiger partial charge in [0.1, 0.15) is 0 Å². The molecule has 1 amide bonds. The van der Waals surface area contributed by atoms with Crippen LogP contribution in [0.4, 0.5) is 5.13 Å². The number of nitrogens with zero attached hydrogens (tertiary/aromatic N) is 1. The van der Waals surface area contributed by atoms with E-state index in [9.17, 15) is 4.79 Å². The second-order valence-electron chi connectivity index (χ2n) is 4.11. The summed E-state index contributed by atoms with van der Waals surface area (Å²) >= 11 is 1.44. The summed E-state index contributed by atoms with van der Waals surface area (Å²) in [5, 5.41) is 5.35. The van der Waals surface area contributed by atoms with E-state index in [1.807, 2.05) is 12.3 Å². The van der Waals surface area contributed by atoms with E-state index in [1.54, 1.807) is 0 Å². The maximum Gasteiger partial charge on any atom is 0.246 e. The van der Waals surface area contributed by atoms with Crippen LogP contribution in [0.2, 0.25) is 0 Å². The van der Waals surface area contributed by atoms with E-state index in [4.69, 9.17) is 5.73 Å². The molecule has 1 aliphatic carbocycles. The summed E-state index contributed by atoms with van der Waals surface area (Å²) in [6, 6.07) is 0. The maximum absolute atomic E-state index is 11.9. The molecule has 0 atom stereocenters. The van der Waals surface area contributed by atoms with Crippen LogP contribution >= 0.6 is 23.7 Å². The third-order valence-corrected chi connectivity index (χ3v) is 3.66. The predicted octanol–water partition coefficient (Wildman–Crippen LogP) is 2.08. The summed E-state index contributed by atoms with van der Waals surface area (Å²) in [7, 11) is 0. The van der Waals surface area contributed by atoms with E-state index >= 15 is 0 Å². The molecule has 1 heterocycles. The number of carbonyl (C=O) groups excluding carboxylic acids is 1. The minimum absolute atomic E-state index is 0. The Balaban J connectivity index is 0.00000128. The number of rotatable bonds is 2. The fourth-order valence-corrected chi connectivity index (χ4v) is 2.55. The van der Waals surface area contributed by atoms with Gasteiger partial charge in [-0.1, -0.05) is 12.8 Å². The number of hydrogen-bond donors (Lipinski definition) is 2. The van der Waals surface area contributed by atoms with Gasteiger partial charge in [0, 0.05) is 5.38 Å². The molecule has 0 spiro atoms. The second kappa shape index (κ2) is 5.12. The summed E-state index contributed by atoms with van der Waals surface area (Å²) in [5.74, 6) is -0.0886. The first-order valence-corrected chi connectivity index (χ1v) is 6.01. The molecule has 0 saturated heterocycles. The first kappa shape index (κ1) is 13.4. The summed E-state index contributed by atoms with van der Waals surface area (Å²) in [4.78, 5) is 16.1. The molecule has 0 radical (unpaired) electrons. The van der Waals surface area contributed by atoms with Crippen LogP contribution in [0, 0.1) is 6.92 Å². The number of nitrogens with two attached hydrogens (primary N) is 1. The molecule has 0 bridgehead atoms. The predicted molar refractivity (Wildman–Crippen MR) is 68.1 cm³/mol. The molecule has 4 nitrogen and oxygen atoms in total. The molecular weight excluding hydrogens is 246 g/mol. The van der Waals surface area contributed by atoms with E-state index in [-0.39, 0.29) is 18.3 Å². The lowest BCUT2D eigenvalue weighted by molar-refractivity contribution is -0.121. The standard InChI is InChI=1S/C10H15N3OS.ClH/c1-7-6-15-9(12-7)13-8(14)10(11)4-2-3-5-10;/h6H,2-5,11H2,1H3,(H,12,13,14);1H. The molecule has 0 aromatic carbocycles. The largest absolute Gasteiger partial charge is 0.317 e. The van der Waals surface area contributed by atoms with Gasteiger partial charge in [-0.15, -0.1) is 23.7 Å². The molecule has 1 aliphatic rings. The van der Waals surface area contributed by atoms with E-state index < -0.39 is 5.54 Å². The van der Waals surface area contributed by atoms with E-state index in [0.29, 0.717) is 5.13 Å². The highest BCUT2D eigenvalue weighted by Crippen LogP contribution is 2.28. The average Bonchev–Trinajstić information content (AvgIpc) is 2.76. The number of anilines is 1. The summed E-state index contributed by atoms with van der Waals surface area (Å²) in [6.45, 7) is 1.90. The summed E-state index contributed by atoms with van der Waals surface area (Å²) < 4.78 is 0. The van der Waals surface area contributed by atoms with Crippen LogP contribution in [0.15, 0.2) is 5.38 Å². The Morgan fingerprint density at radius 2 is 2.19 bits per heavy atom. The Hall–Kier alpha value is -0.650. The smallest absolute Gasteiger partial charge is 0.246 e. The van der Waals surface area contributed by atoms with Crippen LogP contribution in [0.25, 0.3) is 0 Å². The third kappa shape index (κ3) is 2.72. The van der Waals surface area contributed by atoms with Crippen molar-refractivity contribution in [2.75, 3.05) is 5.32 Å². The fraction of sp³-hybridized carbons (Fsp3) is 0.600. The number of aryl methyl sites for hydroxylation is 1. The van der Waals surface area contributed by atoms with Gasteiger partial charge in [0.25, 0.3) is 0 Å². The topological polar surface area (TPSA) is 68.0 Å². The van der Waals surface area contributed by atoms with Crippen LogP contribution in [-0.2, 0) is 4.79 Å². The minimum atomic E-state index is -0.667. The lowest BCUT2D eigenvalue weighted by atomic mass is 9.98. The van der Waals surface area contributed by atoms with E-state index in [0.717, 1.165) is 31.4 Å². The van der Waals surface area contributed by atoms with Gasteiger partial charge in [-0.05, 0) is 19.8 Å². The fourth-order valence-electron chi connectivity index (χ4n) is 1.87. The number of carbonyl (C=O) groups is 1. The van der Waals surface area contributed by atoms with Crippen LogP contribution in [0.1, 0.15) is 31.4 Å². The van der Waals surface area contributed by atoms with Crippen molar-refractivity contribution >= 4 is 34.8 Å². The van der Waals surface area contributed by atoms with Crippen LogP contribution in [0.3, 0.4) is 0 Å². The highest BCUT2D eigenvalue weighted by molar-refractivity contribution is 7.13. The first-order valence-electron chi connectivity index (χ1n) is 5.13. The van der Waals surface area contributed by atoms with Crippen molar-refractivity contribution in [3.05, 3.63) is 11.1 Å². The van der Waals surface area contributed by atoms with Gasteiger partial charge < -0.3 is 11.1 Å². The zero-order valence-electron chi connectivity index (χ0n) is 9.16. The van der Waals surface area contributed by atoms with Crippen LogP contribution in [-0.4, -0.2) is 16.4 Å². The Morgan fingerprint density at radius 3 is 2.69 bits per heavy atom. The number of aromatic nitrogens is 1. The Kier molecular flexibility index (Phi) is 4.29. The molecule has 1 saturated carbocycles. The van der Waals surface area contributed by atoms with Crippen LogP contribution in [0.5, 0.6) is 0 Å². The van der Waals surface area contributed by atoms with Gasteiger partial charge in [-0.25, -0.2) is 4.98 Å². The molecule has 1 fully saturated rings. The van der Waals surface area contributed by atoms with E-state index in [1.165, 1.54) is 11.3 Å². The van der Waals surface area contributed by atoms with Crippen molar-refractivity contribution in [1.29, 1.82) is 0 Å². The summed E-state index contributed by atoms with van der Waals surface area (Å²) in [5.41, 5.74) is 6.28. The quantitative estimate of drug-likeness (QED) is 0.857. The zero-order valence-corrected chi connectivity index (χ0v) is 10.8. The average molecular weight is 262 g/mol. The normalized spacial score (nSPS) is 17.9. The minimum Gasteiger partial charge on any atom is -0.317 e. The van der Waals surface area contributed by atoms with Crippen LogP contribution < -0.4 is 11.1 Å². The molecule has 1 aromatic heterocycles. The van der Waals surface area contributed by atoms with Crippen molar-refractivity contribution in [3.8, 4) is 0 Å². The summed E-state index contributed by atoms with van der Waals surface area (Å²) in [6.07, 6.45) is 3.65. The van der Waals surface area contributed by atoms with Gasteiger partial charge >= 0.3 is 0 Å². The molecule has 6 heteroatoms. The lowest BCUT2D eigenvalue weighted by Crippen LogP contribution is -2.48. The molecule has 2 rings (SSSR count). The van der Waals surface area contributed by atoms with Gasteiger partial charge in [0.2, 0.25) is 5.91 Å². The molecule has 1 aromatic rings. The monoisotopic (exact) mass is 261 g/mol.